The van der Waals surface area contributed by atoms with Crippen molar-refractivity contribution in [2.75, 3.05) is 0 Å². The lowest BCUT2D eigenvalue weighted by molar-refractivity contribution is -0.153. The Hall–Kier alpha value is -1.11. The van der Waals surface area contributed by atoms with E-state index in [0.29, 0.717) is 0 Å². The number of aryl methyl sites for hydroxylation is 1. The molecule has 7 heteroatoms. The zero-order valence-corrected chi connectivity index (χ0v) is 8.01. The van der Waals surface area contributed by atoms with Crippen molar-refractivity contribution in [3.05, 3.63) is 16.9 Å². The predicted octanol–water partition coefficient (Wildman–Crippen LogP) is -0.448. The Balaban J connectivity index is 2.94. The average Bonchev–Trinajstić information content (AvgIpc) is 2.42. The number of aliphatic carboxylic acids is 1. The minimum absolute atomic E-state index is 0.0518. The number of carbonyl (C=O) groups is 1. The quantitative estimate of drug-likeness (QED) is 0.642. The fourth-order valence-corrected chi connectivity index (χ4v) is 1.25. The molecule has 0 aromatic carbocycles. The molecular formula is C7H9ClN2O4. The Bertz CT molecular complexity index is 351. The van der Waals surface area contributed by atoms with Crippen LogP contribution in [0.15, 0.2) is 6.20 Å². The summed E-state index contributed by atoms with van der Waals surface area (Å²) in [5, 5.41) is 30.6. The van der Waals surface area contributed by atoms with Gasteiger partial charge in [-0.1, -0.05) is 11.6 Å². The van der Waals surface area contributed by atoms with Crippen molar-refractivity contribution < 1.29 is 20.1 Å². The van der Waals surface area contributed by atoms with Gasteiger partial charge < -0.3 is 15.3 Å². The summed E-state index contributed by atoms with van der Waals surface area (Å²) in [6, 6.07) is 0. The lowest BCUT2D eigenvalue weighted by Gasteiger charge is -2.11. The third kappa shape index (κ3) is 2.03. The van der Waals surface area contributed by atoms with Crippen molar-refractivity contribution in [2.45, 2.75) is 12.2 Å². The van der Waals surface area contributed by atoms with Gasteiger partial charge in [-0.15, -0.1) is 0 Å². The molecule has 0 fully saturated rings. The van der Waals surface area contributed by atoms with E-state index in [1.807, 2.05) is 0 Å². The zero-order chi connectivity index (χ0) is 10.9. The first-order valence-corrected chi connectivity index (χ1v) is 4.09. The number of carboxylic acid groups (broad SMARTS) is 1. The van der Waals surface area contributed by atoms with Crippen LogP contribution in [0.5, 0.6) is 0 Å². The van der Waals surface area contributed by atoms with Crippen LogP contribution in [-0.4, -0.2) is 37.2 Å². The molecule has 1 aromatic rings. The highest BCUT2D eigenvalue weighted by atomic mass is 35.5. The third-order valence-corrected chi connectivity index (χ3v) is 1.93. The second kappa shape index (κ2) is 3.95. The van der Waals surface area contributed by atoms with Crippen LogP contribution < -0.4 is 0 Å². The van der Waals surface area contributed by atoms with Crippen LogP contribution in [0.1, 0.15) is 11.8 Å². The second-order valence-corrected chi connectivity index (χ2v) is 3.17. The van der Waals surface area contributed by atoms with Crippen LogP contribution in [-0.2, 0) is 11.8 Å². The fourth-order valence-electron chi connectivity index (χ4n) is 0.962. The van der Waals surface area contributed by atoms with E-state index >= 15 is 0 Å². The Kier molecular flexibility index (Phi) is 3.10. The Morgan fingerprint density at radius 1 is 1.64 bits per heavy atom. The molecule has 0 saturated heterocycles. The van der Waals surface area contributed by atoms with Gasteiger partial charge in [-0.05, 0) is 0 Å². The number of carboxylic acids is 1. The zero-order valence-electron chi connectivity index (χ0n) is 7.25. The number of aliphatic hydroxyl groups is 2. The summed E-state index contributed by atoms with van der Waals surface area (Å²) in [6.45, 7) is 0. The number of rotatable bonds is 3. The molecule has 0 aliphatic rings. The molecule has 14 heavy (non-hydrogen) atoms. The van der Waals surface area contributed by atoms with Gasteiger partial charge in [0.05, 0.1) is 5.02 Å². The van der Waals surface area contributed by atoms with Crippen LogP contribution in [0, 0.1) is 0 Å². The molecule has 0 saturated carbocycles. The molecule has 0 radical (unpaired) electrons. The smallest absolute Gasteiger partial charge is 0.335 e. The first kappa shape index (κ1) is 11.0. The Labute approximate surface area is 84.3 Å². The summed E-state index contributed by atoms with van der Waals surface area (Å²) >= 11 is 5.64. The molecule has 1 rings (SSSR count). The standard InChI is InChI=1S/C7H9ClN2O4/c1-10-2-3(8)4(9-10)5(11)6(12)7(13)14/h2,5-6,11-12H,1H3,(H,13,14). The minimum atomic E-state index is -1.93. The summed E-state index contributed by atoms with van der Waals surface area (Å²) in [7, 11) is 1.56. The van der Waals surface area contributed by atoms with E-state index in [-0.39, 0.29) is 10.7 Å². The number of hydrogen-bond acceptors (Lipinski definition) is 4. The van der Waals surface area contributed by atoms with Crippen molar-refractivity contribution in [1.29, 1.82) is 0 Å². The van der Waals surface area contributed by atoms with E-state index < -0.39 is 18.2 Å². The van der Waals surface area contributed by atoms with Crippen LogP contribution in [0.25, 0.3) is 0 Å². The molecule has 0 spiro atoms. The van der Waals surface area contributed by atoms with E-state index in [2.05, 4.69) is 5.10 Å². The van der Waals surface area contributed by atoms with Crippen molar-refractivity contribution in [3.63, 3.8) is 0 Å². The summed E-state index contributed by atoms with van der Waals surface area (Å²) in [5.74, 6) is -1.53. The first-order chi connectivity index (χ1) is 6.43. The van der Waals surface area contributed by atoms with E-state index in [1.165, 1.54) is 10.9 Å². The second-order valence-electron chi connectivity index (χ2n) is 2.76. The number of aromatic nitrogens is 2. The number of aliphatic hydroxyl groups excluding tert-OH is 2. The maximum Gasteiger partial charge on any atom is 0.335 e. The molecule has 78 valence electrons. The fraction of sp³-hybridized carbons (Fsp3) is 0.429. The van der Waals surface area contributed by atoms with Crippen LogP contribution >= 0.6 is 11.6 Å². The normalized spacial score (nSPS) is 15.1. The number of nitrogens with zero attached hydrogens (tertiary/aromatic N) is 2. The molecule has 3 N–H and O–H groups in total. The molecule has 0 bridgehead atoms. The summed E-state index contributed by atoms with van der Waals surface area (Å²) in [5.41, 5.74) is -0.0518. The van der Waals surface area contributed by atoms with Crippen molar-refractivity contribution >= 4 is 17.6 Å². The van der Waals surface area contributed by atoms with E-state index in [9.17, 15) is 9.90 Å². The number of hydrogen-bond donors (Lipinski definition) is 3. The first-order valence-electron chi connectivity index (χ1n) is 3.71. The lowest BCUT2D eigenvalue weighted by atomic mass is 10.1. The maximum atomic E-state index is 10.3. The van der Waals surface area contributed by atoms with Crippen LogP contribution in [0.4, 0.5) is 0 Å². The van der Waals surface area contributed by atoms with Crippen molar-refractivity contribution in [3.8, 4) is 0 Å². The summed E-state index contributed by atoms with van der Waals surface area (Å²) < 4.78 is 1.31. The van der Waals surface area contributed by atoms with Gasteiger partial charge in [-0.2, -0.15) is 5.10 Å². The van der Waals surface area contributed by atoms with Gasteiger partial charge in [-0.3, -0.25) is 4.68 Å². The molecular weight excluding hydrogens is 212 g/mol. The summed E-state index contributed by atoms with van der Waals surface area (Å²) in [4.78, 5) is 10.3. The molecule has 0 amide bonds. The van der Waals surface area contributed by atoms with Crippen molar-refractivity contribution in [1.82, 2.24) is 9.78 Å². The van der Waals surface area contributed by atoms with Gasteiger partial charge in [0.2, 0.25) is 0 Å². The minimum Gasteiger partial charge on any atom is -0.479 e. The van der Waals surface area contributed by atoms with E-state index in [4.69, 9.17) is 21.8 Å². The van der Waals surface area contributed by atoms with Crippen LogP contribution in [0.3, 0.4) is 0 Å². The topological polar surface area (TPSA) is 95.6 Å². The highest BCUT2D eigenvalue weighted by Crippen LogP contribution is 2.23. The molecule has 2 atom stereocenters. The SMILES string of the molecule is Cn1cc(Cl)c(C(O)C(O)C(=O)O)n1. The van der Waals surface area contributed by atoms with Crippen molar-refractivity contribution in [2.24, 2.45) is 7.05 Å². The van der Waals surface area contributed by atoms with Gasteiger partial charge in [0.25, 0.3) is 0 Å². The Morgan fingerprint density at radius 2 is 2.21 bits per heavy atom. The van der Waals surface area contributed by atoms with Gasteiger partial charge >= 0.3 is 5.97 Å². The molecule has 6 nitrogen and oxygen atoms in total. The highest BCUT2D eigenvalue weighted by molar-refractivity contribution is 6.31. The van der Waals surface area contributed by atoms with Gasteiger partial charge in [0.1, 0.15) is 11.8 Å². The highest BCUT2D eigenvalue weighted by Gasteiger charge is 2.29. The monoisotopic (exact) mass is 220 g/mol. The van der Waals surface area contributed by atoms with E-state index in [0.717, 1.165) is 0 Å². The molecule has 2 unspecified atom stereocenters. The summed E-state index contributed by atoms with van der Waals surface area (Å²) in [6.07, 6.45) is -2.15. The van der Waals surface area contributed by atoms with Crippen LogP contribution in [0.2, 0.25) is 5.02 Å². The lowest BCUT2D eigenvalue weighted by Crippen LogP contribution is -2.28. The Morgan fingerprint density at radius 3 is 2.57 bits per heavy atom. The molecule has 0 aliphatic carbocycles. The molecule has 1 heterocycles. The van der Waals surface area contributed by atoms with Gasteiger partial charge in [0.15, 0.2) is 6.10 Å². The number of halogens is 1. The van der Waals surface area contributed by atoms with Gasteiger partial charge in [-0.25, -0.2) is 4.79 Å². The average molecular weight is 221 g/mol. The predicted molar refractivity (Wildman–Crippen MR) is 46.8 cm³/mol. The molecule has 1 aromatic heterocycles. The maximum absolute atomic E-state index is 10.3. The van der Waals surface area contributed by atoms with Gasteiger partial charge in [0, 0.05) is 13.2 Å². The largest absolute Gasteiger partial charge is 0.479 e. The molecule has 0 aliphatic heterocycles. The third-order valence-electron chi connectivity index (χ3n) is 1.64. The van der Waals surface area contributed by atoms with E-state index in [1.54, 1.807) is 7.05 Å².